The molecule has 0 radical (unpaired) electrons. The maximum atomic E-state index is 12.2. The molecule has 1 aromatic heterocycles. The van der Waals surface area contributed by atoms with Crippen molar-refractivity contribution in [3.63, 3.8) is 0 Å². The molecule has 0 saturated heterocycles. The van der Waals surface area contributed by atoms with Crippen LogP contribution in [0.25, 0.3) is 10.9 Å². The highest BCUT2D eigenvalue weighted by atomic mass is 16.6. The molecule has 0 spiro atoms. The van der Waals surface area contributed by atoms with E-state index in [1.54, 1.807) is 20.4 Å². The van der Waals surface area contributed by atoms with Gasteiger partial charge in [-0.3, -0.25) is 4.98 Å². The minimum absolute atomic E-state index is 0.388. The van der Waals surface area contributed by atoms with Crippen molar-refractivity contribution in [2.75, 3.05) is 14.2 Å². The fraction of sp³-hybridized carbons (Fsp3) is 0.200. The SMILES string of the molecule is COc1cc(C2NC(=O)Oc3c2ccc2cccnc32)cc(OC)c1C. The van der Waals surface area contributed by atoms with E-state index in [-0.39, 0.29) is 6.04 Å². The second-order valence-electron chi connectivity index (χ2n) is 6.08. The van der Waals surface area contributed by atoms with Crippen molar-refractivity contribution in [1.29, 1.82) is 0 Å². The van der Waals surface area contributed by atoms with Crippen molar-refractivity contribution in [3.8, 4) is 17.2 Å². The Hall–Kier alpha value is -3.28. The van der Waals surface area contributed by atoms with E-state index in [0.717, 1.165) is 22.1 Å². The van der Waals surface area contributed by atoms with E-state index in [0.29, 0.717) is 22.8 Å². The summed E-state index contributed by atoms with van der Waals surface area (Å²) in [6.45, 7) is 1.93. The van der Waals surface area contributed by atoms with Crippen LogP contribution in [-0.4, -0.2) is 25.3 Å². The van der Waals surface area contributed by atoms with Crippen molar-refractivity contribution < 1.29 is 19.0 Å². The number of fused-ring (bicyclic) bond motifs is 3. The number of benzene rings is 2. The third-order valence-electron chi connectivity index (χ3n) is 4.63. The molecular formula is C20H18N2O4. The zero-order valence-corrected chi connectivity index (χ0v) is 14.7. The number of carbonyl (C=O) groups excluding carboxylic acids is 1. The van der Waals surface area contributed by atoms with Crippen LogP contribution in [-0.2, 0) is 0 Å². The van der Waals surface area contributed by atoms with Crippen LogP contribution in [0.1, 0.15) is 22.7 Å². The lowest BCUT2D eigenvalue weighted by Gasteiger charge is -2.28. The first-order valence-electron chi connectivity index (χ1n) is 8.21. The van der Waals surface area contributed by atoms with E-state index in [1.807, 2.05) is 43.3 Å². The van der Waals surface area contributed by atoms with Crippen LogP contribution in [0.15, 0.2) is 42.6 Å². The summed E-state index contributed by atoms with van der Waals surface area (Å²) in [5, 5.41) is 3.79. The number of methoxy groups -OCH3 is 2. The topological polar surface area (TPSA) is 69.7 Å². The summed E-state index contributed by atoms with van der Waals surface area (Å²) in [6.07, 6.45) is 1.17. The lowest BCUT2D eigenvalue weighted by molar-refractivity contribution is 0.192. The van der Waals surface area contributed by atoms with Crippen molar-refractivity contribution >= 4 is 17.0 Å². The van der Waals surface area contributed by atoms with E-state index in [4.69, 9.17) is 14.2 Å². The molecule has 4 rings (SSSR count). The predicted molar refractivity (Wildman–Crippen MR) is 97.0 cm³/mol. The van der Waals surface area contributed by atoms with E-state index in [2.05, 4.69) is 10.3 Å². The third-order valence-corrected chi connectivity index (χ3v) is 4.63. The summed E-state index contributed by atoms with van der Waals surface area (Å²) in [4.78, 5) is 16.6. The van der Waals surface area contributed by atoms with Gasteiger partial charge in [0.15, 0.2) is 5.75 Å². The average molecular weight is 350 g/mol. The molecule has 1 amide bonds. The van der Waals surface area contributed by atoms with Crippen LogP contribution >= 0.6 is 0 Å². The smallest absolute Gasteiger partial charge is 0.413 e. The quantitative estimate of drug-likeness (QED) is 0.779. The standard InChI is InChI=1S/C20H18N2O4/c1-11-15(24-2)9-13(10-16(11)25-3)17-14-7-6-12-5-4-8-21-18(12)19(14)26-20(23)22-17/h4-10,17H,1-3H3,(H,22,23). The Morgan fingerprint density at radius 2 is 1.85 bits per heavy atom. The minimum atomic E-state index is -0.515. The number of amides is 1. The number of pyridine rings is 1. The molecule has 6 heteroatoms. The molecule has 0 aliphatic carbocycles. The molecule has 2 aromatic carbocycles. The molecule has 2 heterocycles. The fourth-order valence-electron chi connectivity index (χ4n) is 3.32. The van der Waals surface area contributed by atoms with Gasteiger partial charge < -0.3 is 19.5 Å². The highest BCUT2D eigenvalue weighted by molar-refractivity contribution is 5.90. The highest BCUT2D eigenvalue weighted by Gasteiger charge is 2.30. The summed E-state index contributed by atoms with van der Waals surface area (Å²) in [6, 6.07) is 11.1. The Morgan fingerprint density at radius 3 is 2.54 bits per heavy atom. The van der Waals surface area contributed by atoms with E-state index >= 15 is 0 Å². The molecule has 1 unspecified atom stereocenters. The first-order chi connectivity index (χ1) is 12.6. The Kier molecular flexibility index (Phi) is 3.88. The number of rotatable bonds is 3. The van der Waals surface area contributed by atoms with Crippen LogP contribution in [0.5, 0.6) is 17.2 Å². The Balaban J connectivity index is 1.92. The lowest BCUT2D eigenvalue weighted by Crippen LogP contribution is -2.36. The molecule has 1 aliphatic rings. The normalized spacial score (nSPS) is 15.8. The van der Waals surface area contributed by atoms with Gasteiger partial charge in [0.2, 0.25) is 0 Å². The zero-order valence-electron chi connectivity index (χ0n) is 14.7. The lowest BCUT2D eigenvalue weighted by atomic mass is 9.94. The summed E-state index contributed by atoms with van der Waals surface area (Å²) >= 11 is 0. The first-order valence-corrected chi connectivity index (χ1v) is 8.21. The fourth-order valence-corrected chi connectivity index (χ4v) is 3.32. The number of hydrogen-bond donors (Lipinski definition) is 1. The minimum Gasteiger partial charge on any atom is -0.496 e. The highest BCUT2D eigenvalue weighted by Crippen LogP contribution is 2.41. The molecular weight excluding hydrogens is 332 g/mol. The summed E-state index contributed by atoms with van der Waals surface area (Å²) in [7, 11) is 3.22. The second-order valence-corrected chi connectivity index (χ2v) is 6.08. The molecule has 1 atom stereocenters. The Bertz CT molecular complexity index is 991. The van der Waals surface area contributed by atoms with Gasteiger partial charge in [0.1, 0.15) is 17.0 Å². The maximum absolute atomic E-state index is 12.2. The van der Waals surface area contributed by atoms with Crippen LogP contribution in [0.3, 0.4) is 0 Å². The summed E-state index contributed by atoms with van der Waals surface area (Å²) in [5.41, 5.74) is 3.25. The van der Waals surface area contributed by atoms with E-state index in [1.165, 1.54) is 0 Å². The van der Waals surface area contributed by atoms with Crippen molar-refractivity contribution in [1.82, 2.24) is 10.3 Å². The second kappa shape index (κ2) is 6.22. The van der Waals surface area contributed by atoms with Gasteiger partial charge >= 0.3 is 6.09 Å². The van der Waals surface area contributed by atoms with Crippen LogP contribution < -0.4 is 19.5 Å². The third kappa shape index (κ3) is 2.50. The average Bonchev–Trinajstić information content (AvgIpc) is 2.67. The molecule has 26 heavy (non-hydrogen) atoms. The molecule has 0 saturated carbocycles. The number of aromatic nitrogens is 1. The first kappa shape index (κ1) is 16.2. The van der Waals surface area contributed by atoms with E-state index in [9.17, 15) is 4.79 Å². The van der Waals surface area contributed by atoms with Gasteiger partial charge in [0.25, 0.3) is 0 Å². The van der Waals surface area contributed by atoms with Gasteiger partial charge in [-0.25, -0.2) is 4.79 Å². The van der Waals surface area contributed by atoms with Gasteiger partial charge in [-0.05, 0) is 30.7 Å². The van der Waals surface area contributed by atoms with Crippen molar-refractivity contribution in [2.45, 2.75) is 13.0 Å². The van der Waals surface area contributed by atoms with Gasteiger partial charge in [-0.1, -0.05) is 18.2 Å². The molecule has 1 aliphatic heterocycles. The predicted octanol–water partition coefficient (Wildman–Crippen LogP) is 3.75. The van der Waals surface area contributed by atoms with Gasteiger partial charge in [-0.2, -0.15) is 0 Å². The summed E-state index contributed by atoms with van der Waals surface area (Å²) < 4.78 is 16.4. The molecule has 0 fully saturated rings. The molecule has 1 N–H and O–H groups in total. The molecule has 0 bridgehead atoms. The van der Waals surface area contributed by atoms with Crippen molar-refractivity contribution in [2.24, 2.45) is 0 Å². The van der Waals surface area contributed by atoms with Gasteiger partial charge in [-0.15, -0.1) is 0 Å². The van der Waals surface area contributed by atoms with E-state index < -0.39 is 6.09 Å². The molecule has 3 aromatic rings. The van der Waals surface area contributed by atoms with Gasteiger partial charge in [0.05, 0.1) is 20.3 Å². The number of ether oxygens (including phenoxy) is 3. The van der Waals surface area contributed by atoms with Crippen molar-refractivity contribution in [3.05, 3.63) is 59.3 Å². The largest absolute Gasteiger partial charge is 0.496 e. The van der Waals surface area contributed by atoms with Crippen LogP contribution in [0.2, 0.25) is 0 Å². The zero-order chi connectivity index (χ0) is 18.3. The Morgan fingerprint density at radius 1 is 1.12 bits per heavy atom. The molecule has 6 nitrogen and oxygen atoms in total. The number of carbonyl (C=O) groups is 1. The number of nitrogens with zero attached hydrogens (tertiary/aromatic N) is 1. The molecule has 132 valence electrons. The summed E-state index contributed by atoms with van der Waals surface area (Å²) in [5.74, 6) is 1.87. The van der Waals surface area contributed by atoms with Gasteiger partial charge in [0, 0.05) is 22.7 Å². The maximum Gasteiger partial charge on any atom is 0.413 e. The monoisotopic (exact) mass is 350 g/mol. The number of nitrogens with one attached hydrogen (secondary N) is 1. The van der Waals surface area contributed by atoms with Crippen LogP contribution in [0, 0.1) is 6.92 Å². The van der Waals surface area contributed by atoms with Crippen LogP contribution in [0.4, 0.5) is 4.79 Å². The number of hydrogen-bond acceptors (Lipinski definition) is 5. The Labute approximate surface area is 150 Å².